The van der Waals surface area contributed by atoms with Gasteiger partial charge < -0.3 is 19.1 Å². The van der Waals surface area contributed by atoms with E-state index in [4.69, 9.17) is 9.47 Å². The molecule has 0 saturated heterocycles. The maximum absolute atomic E-state index is 14.2. The van der Waals surface area contributed by atoms with E-state index in [9.17, 15) is 14.0 Å². The van der Waals surface area contributed by atoms with Crippen LogP contribution < -0.4 is 4.90 Å². The molecule has 0 radical (unpaired) electrons. The van der Waals surface area contributed by atoms with Crippen LogP contribution in [0.25, 0.3) is 0 Å². The van der Waals surface area contributed by atoms with E-state index in [0.717, 1.165) is 0 Å². The number of rotatable bonds is 3. The SMILES string of the molecule is COC(=O)C1=C(C(=O)OC)N(c2ccc(Br)cc2F)COC1. The summed E-state index contributed by atoms with van der Waals surface area (Å²) < 4.78 is 29.3. The van der Waals surface area contributed by atoms with Crippen molar-refractivity contribution in [3.8, 4) is 0 Å². The molecule has 22 heavy (non-hydrogen) atoms. The van der Waals surface area contributed by atoms with Crippen LogP contribution >= 0.6 is 15.9 Å². The first kappa shape index (κ1) is 16.4. The Bertz CT molecular complexity index is 646. The van der Waals surface area contributed by atoms with Gasteiger partial charge in [0.25, 0.3) is 0 Å². The lowest BCUT2D eigenvalue weighted by molar-refractivity contribution is -0.140. The molecule has 0 atom stereocenters. The number of carbonyl (C=O) groups is 2. The molecule has 118 valence electrons. The fraction of sp³-hybridized carbons (Fsp3) is 0.286. The van der Waals surface area contributed by atoms with Gasteiger partial charge in [0, 0.05) is 4.47 Å². The van der Waals surface area contributed by atoms with Gasteiger partial charge >= 0.3 is 11.9 Å². The van der Waals surface area contributed by atoms with Crippen LogP contribution in [-0.2, 0) is 23.8 Å². The Hall–Kier alpha value is -1.93. The normalized spacial score (nSPS) is 14.8. The van der Waals surface area contributed by atoms with Crippen LogP contribution in [-0.4, -0.2) is 39.5 Å². The zero-order valence-electron chi connectivity index (χ0n) is 11.9. The smallest absolute Gasteiger partial charge is 0.355 e. The molecule has 0 unspecified atom stereocenters. The zero-order chi connectivity index (χ0) is 16.3. The first-order valence-electron chi connectivity index (χ1n) is 6.19. The third kappa shape index (κ3) is 3.12. The molecule has 1 aromatic carbocycles. The van der Waals surface area contributed by atoms with Crippen LogP contribution in [0.5, 0.6) is 0 Å². The summed E-state index contributed by atoms with van der Waals surface area (Å²) in [5.41, 5.74) is -0.0329. The van der Waals surface area contributed by atoms with Crippen molar-refractivity contribution in [3.05, 3.63) is 39.8 Å². The van der Waals surface area contributed by atoms with Gasteiger partial charge in [0.1, 0.15) is 18.2 Å². The van der Waals surface area contributed by atoms with Crippen molar-refractivity contribution >= 4 is 33.6 Å². The third-order valence-electron chi connectivity index (χ3n) is 3.03. The predicted octanol–water partition coefficient (Wildman–Crippen LogP) is 1.98. The summed E-state index contributed by atoms with van der Waals surface area (Å²) in [6, 6.07) is 4.32. The molecule has 0 aliphatic carbocycles. The first-order valence-corrected chi connectivity index (χ1v) is 6.99. The Morgan fingerprint density at radius 3 is 2.55 bits per heavy atom. The van der Waals surface area contributed by atoms with Gasteiger partial charge in [-0.15, -0.1) is 0 Å². The van der Waals surface area contributed by atoms with Gasteiger partial charge in [-0.2, -0.15) is 0 Å². The molecule has 0 spiro atoms. The summed E-state index contributed by atoms with van der Waals surface area (Å²) in [4.78, 5) is 25.1. The number of anilines is 1. The minimum absolute atomic E-state index is 0.0251. The van der Waals surface area contributed by atoms with Crippen LogP contribution in [0.4, 0.5) is 10.1 Å². The van der Waals surface area contributed by atoms with Crippen LogP contribution in [0.15, 0.2) is 33.9 Å². The van der Waals surface area contributed by atoms with Crippen molar-refractivity contribution in [2.45, 2.75) is 0 Å². The number of halogens is 2. The van der Waals surface area contributed by atoms with E-state index in [1.165, 1.54) is 31.3 Å². The molecule has 0 bridgehead atoms. The number of ether oxygens (including phenoxy) is 3. The van der Waals surface area contributed by atoms with Gasteiger partial charge in [-0.05, 0) is 18.2 Å². The van der Waals surface area contributed by atoms with Crippen molar-refractivity contribution < 1.29 is 28.2 Å². The molecule has 0 aromatic heterocycles. The molecule has 1 aromatic rings. The number of benzene rings is 1. The summed E-state index contributed by atoms with van der Waals surface area (Å²) in [6.45, 7) is -0.213. The van der Waals surface area contributed by atoms with E-state index < -0.39 is 17.8 Å². The van der Waals surface area contributed by atoms with E-state index in [1.54, 1.807) is 6.07 Å². The monoisotopic (exact) mass is 373 g/mol. The molecule has 0 amide bonds. The van der Waals surface area contributed by atoms with E-state index in [2.05, 4.69) is 20.7 Å². The van der Waals surface area contributed by atoms with Crippen molar-refractivity contribution in [1.82, 2.24) is 0 Å². The minimum atomic E-state index is -0.772. The Morgan fingerprint density at radius 1 is 1.27 bits per heavy atom. The van der Waals surface area contributed by atoms with Gasteiger partial charge in [-0.1, -0.05) is 15.9 Å². The molecule has 1 aliphatic heterocycles. The van der Waals surface area contributed by atoms with Gasteiger partial charge in [-0.3, -0.25) is 0 Å². The molecule has 0 saturated carbocycles. The molecular weight excluding hydrogens is 361 g/mol. The van der Waals surface area contributed by atoms with Crippen LogP contribution in [0, 0.1) is 5.82 Å². The molecule has 1 aliphatic rings. The second kappa shape index (κ2) is 6.89. The lowest BCUT2D eigenvalue weighted by atomic mass is 10.1. The van der Waals surface area contributed by atoms with Crippen molar-refractivity contribution in [3.63, 3.8) is 0 Å². The Labute approximate surface area is 134 Å². The zero-order valence-corrected chi connectivity index (χ0v) is 13.5. The predicted molar refractivity (Wildman–Crippen MR) is 78.5 cm³/mol. The topological polar surface area (TPSA) is 65.1 Å². The molecule has 6 nitrogen and oxygen atoms in total. The van der Waals surface area contributed by atoms with Gasteiger partial charge in [0.05, 0.1) is 32.1 Å². The molecule has 8 heteroatoms. The van der Waals surface area contributed by atoms with Crippen LogP contribution in [0.3, 0.4) is 0 Å². The van der Waals surface area contributed by atoms with Crippen molar-refractivity contribution in [2.75, 3.05) is 32.5 Å². The first-order chi connectivity index (χ1) is 10.5. The summed E-state index contributed by atoms with van der Waals surface area (Å²) in [5, 5.41) is 0. The van der Waals surface area contributed by atoms with E-state index in [1.807, 2.05) is 0 Å². The highest BCUT2D eigenvalue weighted by Crippen LogP contribution is 2.30. The molecular formula is C14H13BrFNO5. The standard InChI is InChI=1S/C14H13BrFNO5/c1-20-13(18)9-6-22-7-17(12(9)14(19)21-2)11-4-3-8(15)5-10(11)16/h3-5H,6-7H2,1-2H3. The third-order valence-corrected chi connectivity index (χ3v) is 3.53. The average Bonchev–Trinajstić information content (AvgIpc) is 2.52. The summed E-state index contributed by atoms with van der Waals surface area (Å²) in [7, 11) is 2.36. The van der Waals surface area contributed by atoms with Crippen molar-refractivity contribution in [1.29, 1.82) is 0 Å². The van der Waals surface area contributed by atoms with E-state index >= 15 is 0 Å². The van der Waals surface area contributed by atoms with Crippen LogP contribution in [0.1, 0.15) is 0 Å². The second-order valence-corrected chi connectivity index (χ2v) is 5.23. The fourth-order valence-corrected chi connectivity index (χ4v) is 2.37. The quantitative estimate of drug-likeness (QED) is 0.754. The van der Waals surface area contributed by atoms with Gasteiger partial charge in [0.15, 0.2) is 0 Å². The fourth-order valence-electron chi connectivity index (χ4n) is 2.03. The van der Waals surface area contributed by atoms with E-state index in [-0.39, 0.29) is 30.3 Å². The Balaban J connectivity index is 2.57. The highest BCUT2D eigenvalue weighted by Gasteiger charge is 2.33. The lowest BCUT2D eigenvalue weighted by Crippen LogP contribution is -2.39. The van der Waals surface area contributed by atoms with Crippen LogP contribution in [0.2, 0.25) is 0 Å². The number of hydrogen-bond donors (Lipinski definition) is 0. The summed E-state index contributed by atoms with van der Waals surface area (Å²) in [6.07, 6.45) is 0. The summed E-state index contributed by atoms with van der Waals surface area (Å²) in [5.74, 6) is -2.08. The van der Waals surface area contributed by atoms with Gasteiger partial charge in [-0.25, -0.2) is 14.0 Å². The number of nitrogens with zero attached hydrogens (tertiary/aromatic N) is 1. The number of hydrogen-bond acceptors (Lipinski definition) is 6. The number of esters is 2. The maximum Gasteiger partial charge on any atom is 0.355 e. The second-order valence-electron chi connectivity index (χ2n) is 4.31. The maximum atomic E-state index is 14.2. The molecule has 1 heterocycles. The largest absolute Gasteiger partial charge is 0.466 e. The molecule has 0 N–H and O–H groups in total. The number of methoxy groups -OCH3 is 2. The highest BCUT2D eigenvalue weighted by molar-refractivity contribution is 9.10. The Morgan fingerprint density at radius 2 is 1.95 bits per heavy atom. The number of carbonyl (C=O) groups excluding carboxylic acids is 2. The van der Waals surface area contributed by atoms with Crippen molar-refractivity contribution in [2.24, 2.45) is 0 Å². The van der Waals surface area contributed by atoms with E-state index in [0.29, 0.717) is 4.47 Å². The summed E-state index contributed by atoms with van der Waals surface area (Å²) >= 11 is 3.16. The average molecular weight is 374 g/mol. The lowest BCUT2D eigenvalue weighted by Gasteiger charge is -2.31. The molecule has 0 fully saturated rings. The Kier molecular flexibility index (Phi) is 5.15. The highest BCUT2D eigenvalue weighted by atomic mass is 79.9. The molecule has 2 rings (SSSR count). The minimum Gasteiger partial charge on any atom is -0.466 e. The van der Waals surface area contributed by atoms with Gasteiger partial charge in [0.2, 0.25) is 0 Å².